The van der Waals surface area contributed by atoms with E-state index in [4.69, 9.17) is 22.4 Å². The van der Waals surface area contributed by atoms with Gasteiger partial charge in [-0.2, -0.15) is 4.98 Å². The second-order valence-electron chi connectivity index (χ2n) is 1.90. The Morgan fingerprint density at radius 3 is 3.00 bits per heavy atom. The molecule has 0 aromatic carbocycles. The third-order valence-corrected chi connectivity index (χ3v) is 1.27. The van der Waals surface area contributed by atoms with Crippen LogP contribution in [0.4, 0.5) is 5.82 Å². The van der Waals surface area contributed by atoms with Crippen LogP contribution in [-0.4, -0.2) is 21.7 Å². The third kappa shape index (κ3) is 2.09. The predicted octanol–water partition coefficient (Wildman–Crippen LogP) is 0.0560. The second kappa shape index (κ2) is 3.90. The summed E-state index contributed by atoms with van der Waals surface area (Å²) in [4.78, 5) is 7.36. The van der Waals surface area contributed by atoms with Crippen LogP contribution in [0.25, 0.3) is 0 Å². The molecule has 0 unspecified atom stereocenters. The summed E-state index contributed by atoms with van der Waals surface area (Å²) in [5.74, 6) is 5.23. The van der Waals surface area contributed by atoms with Crippen LogP contribution in [-0.2, 0) is 0 Å². The largest absolute Gasteiger partial charge is 0.384 e. The quantitative estimate of drug-likeness (QED) is 0.441. The molecule has 0 aliphatic carbocycles. The van der Waals surface area contributed by atoms with Crippen LogP contribution in [0.1, 0.15) is 5.56 Å². The normalized spacial score (nSPS) is 8.83. The fourth-order valence-electron chi connectivity index (χ4n) is 0.604. The molecule has 0 saturated carbocycles. The van der Waals surface area contributed by atoms with Crippen molar-refractivity contribution in [3.8, 4) is 11.8 Å². The SMILES string of the molecule is Nc1nc(Cl)ncc1C#CCO. The lowest BCUT2D eigenvalue weighted by Crippen LogP contribution is -1.96. The van der Waals surface area contributed by atoms with E-state index in [1.54, 1.807) is 0 Å². The predicted molar refractivity (Wildman–Crippen MR) is 45.4 cm³/mol. The number of anilines is 1. The van der Waals surface area contributed by atoms with Gasteiger partial charge in [-0.15, -0.1) is 0 Å². The van der Waals surface area contributed by atoms with E-state index in [1.165, 1.54) is 6.20 Å². The molecule has 0 aliphatic rings. The maximum Gasteiger partial charge on any atom is 0.224 e. The Balaban J connectivity index is 3.01. The molecule has 5 heteroatoms. The molecule has 4 nitrogen and oxygen atoms in total. The van der Waals surface area contributed by atoms with Crippen molar-refractivity contribution in [3.05, 3.63) is 17.0 Å². The minimum atomic E-state index is -0.220. The molecule has 1 aromatic rings. The lowest BCUT2D eigenvalue weighted by Gasteiger charge is -1.94. The molecule has 0 saturated heterocycles. The monoisotopic (exact) mass is 183 g/mol. The summed E-state index contributed by atoms with van der Waals surface area (Å²) in [5, 5.41) is 8.48. The van der Waals surface area contributed by atoms with Crippen LogP contribution in [0, 0.1) is 11.8 Å². The minimum absolute atomic E-state index is 0.0852. The fourth-order valence-corrected chi connectivity index (χ4v) is 0.743. The average Bonchev–Trinajstić information content (AvgIpc) is 2.03. The molecule has 12 heavy (non-hydrogen) atoms. The highest BCUT2D eigenvalue weighted by molar-refractivity contribution is 6.28. The smallest absolute Gasteiger partial charge is 0.224 e. The van der Waals surface area contributed by atoms with E-state index in [1.807, 2.05) is 0 Å². The van der Waals surface area contributed by atoms with E-state index < -0.39 is 0 Å². The summed E-state index contributed by atoms with van der Waals surface area (Å²) in [5.41, 5.74) is 5.91. The van der Waals surface area contributed by atoms with Gasteiger partial charge in [-0.25, -0.2) is 4.98 Å². The van der Waals surface area contributed by atoms with Gasteiger partial charge in [-0.05, 0) is 11.6 Å². The molecule has 0 fully saturated rings. The molecule has 0 amide bonds. The minimum Gasteiger partial charge on any atom is -0.384 e. The van der Waals surface area contributed by atoms with Crippen molar-refractivity contribution in [3.63, 3.8) is 0 Å². The van der Waals surface area contributed by atoms with Crippen molar-refractivity contribution in [2.24, 2.45) is 0 Å². The highest BCUT2D eigenvalue weighted by Crippen LogP contribution is 2.07. The van der Waals surface area contributed by atoms with Crippen LogP contribution in [0.3, 0.4) is 0 Å². The summed E-state index contributed by atoms with van der Waals surface area (Å²) in [6, 6.07) is 0. The Labute approximate surface area is 74.4 Å². The lowest BCUT2D eigenvalue weighted by molar-refractivity contribution is 0.350. The Morgan fingerprint density at radius 1 is 1.67 bits per heavy atom. The summed E-state index contributed by atoms with van der Waals surface area (Å²) in [7, 11) is 0. The van der Waals surface area contributed by atoms with Gasteiger partial charge in [0.05, 0.1) is 5.56 Å². The molecular weight excluding hydrogens is 178 g/mol. The van der Waals surface area contributed by atoms with Gasteiger partial charge < -0.3 is 10.8 Å². The molecule has 1 aromatic heterocycles. The van der Waals surface area contributed by atoms with Crippen molar-refractivity contribution >= 4 is 17.4 Å². The highest BCUT2D eigenvalue weighted by Gasteiger charge is 1.97. The molecule has 0 spiro atoms. The molecule has 0 aliphatic heterocycles. The van der Waals surface area contributed by atoms with Gasteiger partial charge in [0.1, 0.15) is 12.4 Å². The molecular formula is C7H6ClN3O. The van der Waals surface area contributed by atoms with Gasteiger partial charge in [0.15, 0.2) is 0 Å². The number of aliphatic hydroxyl groups is 1. The third-order valence-electron chi connectivity index (χ3n) is 1.09. The number of halogens is 1. The van der Waals surface area contributed by atoms with Gasteiger partial charge >= 0.3 is 0 Å². The van der Waals surface area contributed by atoms with Gasteiger partial charge in [0.2, 0.25) is 5.28 Å². The molecule has 0 radical (unpaired) electrons. The Bertz CT molecular complexity index is 342. The van der Waals surface area contributed by atoms with Gasteiger partial charge in [-0.1, -0.05) is 11.8 Å². The maximum atomic E-state index is 8.39. The lowest BCUT2D eigenvalue weighted by atomic mass is 10.3. The van der Waals surface area contributed by atoms with Gasteiger partial charge in [-0.3, -0.25) is 0 Å². The van der Waals surface area contributed by atoms with E-state index in [2.05, 4.69) is 21.8 Å². The van der Waals surface area contributed by atoms with Crippen molar-refractivity contribution in [2.75, 3.05) is 12.3 Å². The van der Waals surface area contributed by atoms with Crippen LogP contribution < -0.4 is 5.73 Å². The van der Waals surface area contributed by atoms with E-state index >= 15 is 0 Å². The zero-order valence-electron chi connectivity index (χ0n) is 6.08. The Morgan fingerprint density at radius 2 is 2.42 bits per heavy atom. The first-order chi connectivity index (χ1) is 5.74. The molecule has 1 rings (SSSR count). The Hall–Kier alpha value is -1.31. The molecule has 62 valence electrons. The molecule has 0 bridgehead atoms. The number of aromatic nitrogens is 2. The number of nitrogens with zero attached hydrogens (tertiary/aromatic N) is 2. The summed E-state index contributed by atoms with van der Waals surface area (Å²) in [6.07, 6.45) is 1.41. The number of hydrogen-bond donors (Lipinski definition) is 2. The number of rotatable bonds is 0. The first-order valence-corrected chi connectivity index (χ1v) is 3.49. The zero-order valence-corrected chi connectivity index (χ0v) is 6.84. The number of hydrogen-bond acceptors (Lipinski definition) is 4. The molecule has 1 heterocycles. The van der Waals surface area contributed by atoms with Gasteiger partial charge in [0.25, 0.3) is 0 Å². The number of nitrogens with two attached hydrogens (primary N) is 1. The summed E-state index contributed by atoms with van der Waals surface area (Å²) >= 11 is 5.45. The van der Waals surface area contributed by atoms with Gasteiger partial charge in [0, 0.05) is 6.20 Å². The van der Waals surface area contributed by atoms with Crippen molar-refractivity contribution in [1.29, 1.82) is 0 Å². The molecule has 3 N–H and O–H groups in total. The first-order valence-electron chi connectivity index (χ1n) is 3.12. The van der Waals surface area contributed by atoms with E-state index in [0.29, 0.717) is 5.56 Å². The zero-order chi connectivity index (χ0) is 8.97. The average molecular weight is 184 g/mol. The van der Waals surface area contributed by atoms with Crippen LogP contribution >= 0.6 is 11.6 Å². The fraction of sp³-hybridized carbons (Fsp3) is 0.143. The van der Waals surface area contributed by atoms with Crippen molar-refractivity contribution in [1.82, 2.24) is 9.97 Å². The van der Waals surface area contributed by atoms with E-state index in [0.717, 1.165) is 0 Å². The van der Waals surface area contributed by atoms with Crippen molar-refractivity contribution < 1.29 is 5.11 Å². The number of aliphatic hydroxyl groups excluding tert-OH is 1. The summed E-state index contributed by atoms with van der Waals surface area (Å²) in [6.45, 7) is -0.220. The molecule has 0 atom stereocenters. The highest BCUT2D eigenvalue weighted by atomic mass is 35.5. The van der Waals surface area contributed by atoms with E-state index in [-0.39, 0.29) is 17.7 Å². The standard InChI is InChI=1S/C7H6ClN3O/c8-7-10-4-5(2-1-3-12)6(9)11-7/h4,12H,3H2,(H2,9,10,11). The van der Waals surface area contributed by atoms with Crippen LogP contribution in [0.5, 0.6) is 0 Å². The second-order valence-corrected chi connectivity index (χ2v) is 2.24. The maximum absolute atomic E-state index is 8.39. The Kier molecular flexibility index (Phi) is 2.86. The van der Waals surface area contributed by atoms with E-state index in [9.17, 15) is 0 Å². The van der Waals surface area contributed by atoms with Crippen LogP contribution in [0.2, 0.25) is 5.28 Å². The number of nitrogen functional groups attached to an aromatic ring is 1. The summed E-state index contributed by atoms with van der Waals surface area (Å²) < 4.78 is 0. The van der Waals surface area contributed by atoms with Crippen LogP contribution in [0.15, 0.2) is 6.20 Å². The topological polar surface area (TPSA) is 72.0 Å². The van der Waals surface area contributed by atoms with Crippen molar-refractivity contribution in [2.45, 2.75) is 0 Å². The first kappa shape index (κ1) is 8.78.